The largest absolute Gasteiger partial charge is 0.317 e. The van der Waals surface area contributed by atoms with Crippen molar-refractivity contribution in [3.63, 3.8) is 0 Å². The SMILES string of the molecule is CC(N)(c1ccc(F)nc1)C(F)F. The lowest BCUT2D eigenvalue weighted by molar-refractivity contribution is 0.0622. The number of hydrogen-bond acceptors (Lipinski definition) is 2. The summed E-state index contributed by atoms with van der Waals surface area (Å²) in [6, 6.07) is 2.21. The maximum absolute atomic E-state index is 12.4. The monoisotopic (exact) mass is 190 g/mol. The van der Waals surface area contributed by atoms with E-state index in [1.54, 1.807) is 0 Å². The zero-order valence-corrected chi connectivity index (χ0v) is 6.97. The summed E-state index contributed by atoms with van der Waals surface area (Å²) in [5.74, 6) is -0.714. The van der Waals surface area contributed by atoms with E-state index in [1.807, 2.05) is 0 Å². The van der Waals surface area contributed by atoms with Gasteiger partial charge >= 0.3 is 0 Å². The van der Waals surface area contributed by atoms with Gasteiger partial charge in [0.25, 0.3) is 6.43 Å². The van der Waals surface area contributed by atoms with Crippen molar-refractivity contribution in [2.75, 3.05) is 0 Å². The zero-order valence-electron chi connectivity index (χ0n) is 6.97. The fraction of sp³-hybridized carbons (Fsp3) is 0.375. The Morgan fingerprint density at radius 1 is 1.46 bits per heavy atom. The fourth-order valence-corrected chi connectivity index (χ4v) is 0.820. The van der Waals surface area contributed by atoms with Crippen molar-refractivity contribution in [3.05, 3.63) is 29.8 Å². The van der Waals surface area contributed by atoms with E-state index in [4.69, 9.17) is 5.73 Å². The summed E-state index contributed by atoms with van der Waals surface area (Å²) < 4.78 is 37.0. The molecule has 13 heavy (non-hydrogen) atoms. The molecule has 0 amide bonds. The van der Waals surface area contributed by atoms with Gasteiger partial charge in [-0.2, -0.15) is 4.39 Å². The Balaban J connectivity index is 3.01. The van der Waals surface area contributed by atoms with Gasteiger partial charge in [0.2, 0.25) is 5.95 Å². The first-order valence-corrected chi connectivity index (χ1v) is 3.63. The number of rotatable bonds is 2. The van der Waals surface area contributed by atoms with Crippen molar-refractivity contribution in [2.24, 2.45) is 5.73 Å². The number of nitrogens with zero attached hydrogens (tertiary/aromatic N) is 1. The Bertz CT molecular complexity index is 282. The lowest BCUT2D eigenvalue weighted by Crippen LogP contribution is -2.40. The van der Waals surface area contributed by atoms with Crippen molar-refractivity contribution in [3.8, 4) is 0 Å². The Morgan fingerprint density at radius 3 is 2.46 bits per heavy atom. The number of pyridine rings is 1. The minimum Gasteiger partial charge on any atom is -0.317 e. The molecule has 1 aromatic heterocycles. The summed E-state index contributed by atoms with van der Waals surface area (Å²) in [5, 5.41) is 0. The molecule has 0 aliphatic carbocycles. The van der Waals surface area contributed by atoms with E-state index in [-0.39, 0.29) is 5.56 Å². The molecule has 1 atom stereocenters. The Labute approximate surface area is 73.6 Å². The van der Waals surface area contributed by atoms with Crippen LogP contribution in [0.1, 0.15) is 12.5 Å². The van der Waals surface area contributed by atoms with Crippen LogP contribution in [-0.4, -0.2) is 11.4 Å². The van der Waals surface area contributed by atoms with E-state index in [0.717, 1.165) is 12.3 Å². The number of halogens is 3. The van der Waals surface area contributed by atoms with Crippen molar-refractivity contribution < 1.29 is 13.2 Å². The van der Waals surface area contributed by atoms with Gasteiger partial charge in [0, 0.05) is 6.20 Å². The van der Waals surface area contributed by atoms with Gasteiger partial charge in [-0.1, -0.05) is 6.07 Å². The van der Waals surface area contributed by atoms with Crippen molar-refractivity contribution in [1.82, 2.24) is 4.98 Å². The second-order valence-corrected chi connectivity index (χ2v) is 2.95. The second-order valence-electron chi connectivity index (χ2n) is 2.95. The summed E-state index contributed by atoms with van der Waals surface area (Å²) in [6.45, 7) is 1.17. The molecule has 2 N–H and O–H groups in total. The van der Waals surface area contributed by atoms with Crippen molar-refractivity contribution in [1.29, 1.82) is 0 Å². The maximum Gasteiger partial charge on any atom is 0.260 e. The molecule has 0 spiro atoms. The second kappa shape index (κ2) is 3.33. The third-order valence-electron chi connectivity index (χ3n) is 1.80. The molecule has 0 bridgehead atoms. The van der Waals surface area contributed by atoms with Crippen LogP contribution in [0, 0.1) is 5.95 Å². The lowest BCUT2D eigenvalue weighted by atomic mass is 9.96. The molecule has 5 heteroatoms. The standard InChI is InChI=1S/C8H9F3N2/c1-8(12,7(10)11)5-2-3-6(9)13-4-5/h2-4,7H,12H2,1H3. The van der Waals surface area contributed by atoms with Crippen LogP contribution in [0.4, 0.5) is 13.2 Å². The van der Waals surface area contributed by atoms with Crippen LogP contribution in [-0.2, 0) is 5.54 Å². The molecule has 1 unspecified atom stereocenters. The number of nitrogens with two attached hydrogens (primary N) is 1. The fourth-order valence-electron chi connectivity index (χ4n) is 0.820. The van der Waals surface area contributed by atoms with Crippen LogP contribution >= 0.6 is 0 Å². The molecule has 1 aromatic rings. The van der Waals surface area contributed by atoms with Crippen LogP contribution in [0.2, 0.25) is 0 Å². The Morgan fingerprint density at radius 2 is 2.08 bits per heavy atom. The van der Waals surface area contributed by atoms with Gasteiger partial charge in [-0.25, -0.2) is 13.8 Å². The van der Waals surface area contributed by atoms with Gasteiger partial charge in [0.15, 0.2) is 0 Å². The third kappa shape index (κ3) is 1.98. The number of alkyl halides is 2. The van der Waals surface area contributed by atoms with Crippen LogP contribution in [0.15, 0.2) is 18.3 Å². The average molecular weight is 190 g/mol. The quantitative estimate of drug-likeness (QED) is 0.720. The minimum absolute atomic E-state index is 0.115. The van der Waals surface area contributed by atoms with Crippen LogP contribution in [0.5, 0.6) is 0 Å². The molecular weight excluding hydrogens is 181 g/mol. The van der Waals surface area contributed by atoms with Crippen LogP contribution in [0.25, 0.3) is 0 Å². The van der Waals surface area contributed by atoms with Gasteiger partial charge in [-0.3, -0.25) is 0 Å². The summed E-state index contributed by atoms with van der Waals surface area (Å²) >= 11 is 0. The molecule has 0 aliphatic heterocycles. The number of hydrogen-bond donors (Lipinski definition) is 1. The van der Waals surface area contributed by atoms with Gasteiger partial charge in [-0.05, 0) is 18.6 Å². The Kier molecular flexibility index (Phi) is 2.56. The molecular formula is C8H9F3N2. The van der Waals surface area contributed by atoms with E-state index in [2.05, 4.69) is 4.98 Å². The summed E-state index contributed by atoms with van der Waals surface area (Å²) in [7, 11) is 0. The summed E-state index contributed by atoms with van der Waals surface area (Å²) in [6.07, 6.45) is -1.69. The van der Waals surface area contributed by atoms with Crippen LogP contribution < -0.4 is 5.73 Å². The predicted octanol–water partition coefficient (Wildman–Crippen LogP) is 1.66. The molecule has 2 nitrogen and oxygen atoms in total. The molecule has 0 radical (unpaired) electrons. The average Bonchev–Trinajstić information content (AvgIpc) is 2.04. The molecule has 0 fully saturated rings. The highest BCUT2D eigenvalue weighted by Gasteiger charge is 2.32. The first kappa shape index (κ1) is 9.98. The van der Waals surface area contributed by atoms with E-state index < -0.39 is 17.9 Å². The van der Waals surface area contributed by atoms with Crippen molar-refractivity contribution >= 4 is 0 Å². The van der Waals surface area contributed by atoms with E-state index in [0.29, 0.717) is 0 Å². The minimum atomic E-state index is -2.71. The predicted molar refractivity (Wildman–Crippen MR) is 41.7 cm³/mol. The molecule has 0 saturated carbocycles. The first-order valence-electron chi connectivity index (χ1n) is 3.63. The van der Waals surface area contributed by atoms with Gasteiger partial charge in [-0.15, -0.1) is 0 Å². The Hall–Kier alpha value is -1.10. The molecule has 0 aromatic carbocycles. The maximum atomic E-state index is 12.4. The van der Waals surface area contributed by atoms with Gasteiger partial charge < -0.3 is 5.73 Å². The topological polar surface area (TPSA) is 38.9 Å². The van der Waals surface area contributed by atoms with Crippen LogP contribution in [0.3, 0.4) is 0 Å². The summed E-state index contributed by atoms with van der Waals surface area (Å²) in [4.78, 5) is 3.25. The molecule has 1 rings (SSSR count). The first-order chi connectivity index (χ1) is 5.94. The van der Waals surface area contributed by atoms with E-state index >= 15 is 0 Å². The summed E-state index contributed by atoms with van der Waals surface area (Å²) in [5.41, 5.74) is 3.66. The molecule has 1 heterocycles. The zero-order chi connectivity index (χ0) is 10.1. The van der Waals surface area contributed by atoms with Gasteiger partial charge in [0.1, 0.15) is 5.54 Å². The number of aromatic nitrogens is 1. The lowest BCUT2D eigenvalue weighted by Gasteiger charge is -2.23. The van der Waals surface area contributed by atoms with E-state index in [9.17, 15) is 13.2 Å². The molecule has 72 valence electrons. The van der Waals surface area contributed by atoms with E-state index in [1.165, 1.54) is 13.0 Å². The normalized spacial score (nSPS) is 15.8. The highest BCUT2D eigenvalue weighted by molar-refractivity contribution is 5.20. The highest BCUT2D eigenvalue weighted by Crippen LogP contribution is 2.24. The molecule has 0 saturated heterocycles. The van der Waals surface area contributed by atoms with Crippen molar-refractivity contribution in [2.45, 2.75) is 18.9 Å². The third-order valence-corrected chi connectivity index (χ3v) is 1.80. The van der Waals surface area contributed by atoms with Gasteiger partial charge in [0.05, 0.1) is 0 Å². The molecule has 0 aliphatic rings. The highest BCUT2D eigenvalue weighted by atomic mass is 19.3. The smallest absolute Gasteiger partial charge is 0.260 e.